The summed E-state index contributed by atoms with van der Waals surface area (Å²) in [6, 6.07) is 7.32. The van der Waals surface area contributed by atoms with Crippen molar-refractivity contribution in [1.29, 1.82) is 0 Å². The summed E-state index contributed by atoms with van der Waals surface area (Å²) in [5.74, 6) is 0.667. The molecule has 2 aromatic heterocycles. The number of nitrogens with zero attached hydrogens (tertiary/aromatic N) is 3. The van der Waals surface area contributed by atoms with Crippen molar-refractivity contribution >= 4 is 17.1 Å². The third-order valence-corrected chi connectivity index (χ3v) is 6.64. The molecule has 4 heterocycles. The van der Waals surface area contributed by atoms with E-state index in [1.807, 2.05) is 6.07 Å². The first kappa shape index (κ1) is 22.6. The molecule has 0 radical (unpaired) electrons. The molecule has 0 aliphatic carbocycles. The largest absolute Gasteiger partial charge is 0.573 e. The Labute approximate surface area is 194 Å². The second-order valence-corrected chi connectivity index (χ2v) is 8.86. The maximum Gasteiger partial charge on any atom is 0.573 e. The summed E-state index contributed by atoms with van der Waals surface area (Å²) in [7, 11) is 0. The van der Waals surface area contributed by atoms with Gasteiger partial charge in [0.05, 0.1) is 11.6 Å². The Morgan fingerprint density at radius 1 is 1.06 bits per heavy atom. The molecule has 3 aromatic rings. The predicted molar refractivity (Wildman–Crippen MR) is 119 cm³/mol. The van der Waals surface area contributed by atoms with E-state index in [9.17, 15) is 18.0 Å². The van der Waals surface area contributed by atoms with E-state index >= 15 is 0 Å². The van der Waals surface area contributed by atoms with Gasteiger partial charge in [-0.1, -0.05) is 6.42 Å². The van der Waals surface area contributed by atoms with Gasteiger partial charge in [-0.2, -0.15) is 0 Å². The number of imidazole rings is 1. The first-order valence-corrected chi connectivity index (χ1v) is 11.6. The summed E-state index contributed by atoms with van der Waals surface area (Å²) in [6.45, 7) is 2.13. The topological polar surface area (TPSA) is 83.1 Å². The van der Waals surface area contributed by atoms with Gasteiger partial charge in [-0.15, -0.1) is 13.2 Å². The van der Waals surface area contributed by atoms with Gasteiger partial charge in [0, 0.05) is 24.8 Å². The van der Waals surface area contributed by atoms with Gasteiger partial charge in [-0.3, -0.25) is 4.79 Å². The van der Waals surface area contributed by atoms with Crippen LogP contribution in [0.3, 0.4) is 0 Å². The molecule has 0 unspecified atom stereocenters. The summed E-state index contributed by atoms with van der Waals surface area (Å²) in [5.41, 5.74) is 3.20. The number of likely N-dealkylation sites (tertiary alicyclic amines) is 1. The lowest BCUT2D eigenvalue weighted by atomic mass is 9.89. The van der Waals surface area contributed by atoms with Crippen LogP contribution in [-0.4, -0.2) is 51.8 Å². The second-order valence-electron chi connectivity index (χ2n) is 8.86. The number of amides is 1. The van der Waals surface area contributed by atoms with Gasteiger partial charge in [0.1, 0.15) is 11.6 Å². The number of pyridine rings is 1. The molecule has 0 bridgehead atoms. The number of alkyl halides is 3. The number of benzene rings is 1. The number of halogens is 3. The summed E-state index contributed by atoms with van der Waals surface area (Å²) < 4.78 is 40.9. The molecule has 1 amide bonds. The Morgan fingerprint density at radius 2 is 1.82 bits per heavy atom. The van der Waals surface area contributed by atoms with Crippen LogP contribution in [-0.2, 0) is 0 Å². The minimum Gasteiger partial charge on any atom is -0.406 e. The van der Waals surface area contributed by atoms with Gasteiger partial charge >= 0.3 is 6.36 Å². The molecule has 5 rings (SSSR count). The van der Waals surface area contributed by atoms with Crippen molar-refractivity contribution in [1.82, 2.24) is 25.2 Å². The molecular formula is C24H26F3N5O2. The van der Waals surface area contributed by atoms with Crippen LogP contribution in [0.4, 0.5) is 13.2 Å². The number of nitrogens with one attached hydrogen (secondary N) is 2. The molecule has 34 heavy (non-hydrogen) atoms. The number of carbonyl (C=O) groups excluding carboxylic acids is 1. The van der Waals surface area contributed by atoms with E-state index in [-0.39, 0.29) is 23.6 Å². The van der Waals surface area contributed by atoms with Crippen molar-refractivity contribution in [3.05, 3.63) is 53.5 Å². The van der Waals surface area contributed by atoms with Crippen LogP contribution in [0.5, 0.6) is 5.75 Å². The van der Waals surface area contributed by atoms with E-state index in [0.29, 0.717) is 18.7 Å². The number of H-pyrrole nitrogens is 1. The summed E-state index contributed by atoms with van der Waals surface area (Å²) in [5, 5.41) is 3.51. The van der Waals surface area contributed by atoms with Crippen LogP contribution < -0.4 is 10.1 Å². The molecule has 180 valence electrons. The molecule has 2 aliphatic heterocycles. The molecule has 1 atom stereocenters. The molecule has 2 aliphatic rings. The van der Waals surface area contributed by atoms with Gasteiger partial charge < -0.3 is 19.9 Å². The highest BCUT2D eigenvalue weighted by atomic mass is 19.4. The van der Waals surface area contributed by atoms with Crippen LogP contribution in [0.1, 0.15) is 65.8 Å². The molecule has 1 aromatic carbocycles. The summed E-state index contributed by atoms with van der Waals surface area (Å²) in [4.78, 5) is 27.3. The zero-order valence-electron chi connectivity index (χ0n) is 18.6. The first-order chi connectivity index (χ1) is 16.4. The Morgan fingerprint density at radius 3 is 2.50 bits per heavy atom. The Bertz CT molecular complexity index is 1150. The molecule has 0 spiro atoms. The van der Waals surface area contributed by atoms with E-state index in [2.05, 4.69) is 20.0 Å². The zero-order chi connectivity index (χ0) is 23.7. The normalized spacial score (nSPS) is 20.0. The number of rotatable bonds is 4. The number of ether oxygens (including phenoxy) is 1. The van der Waals surface area contributed by atoms with Crippen molar-refractivity contribution < 1.29 is 22.7 Å². The second kappa shape index (κ2) is 9.25. The fourth-order valence-corrected chi connectivity index (χ4v) is 4.91. The van der Waals surface area contributed by atoms with Gasteiger partial charge in [0.2, 0.25) is 0 Å². The Kier molecular flexibility index (Phi) is 6.16. The number of carbonyl (C=O) groups is 1. The van der Waals surface area contributed by atoms with Crippen molar-refractivity contribution in [2.24, 2.45) is 0 Å². The SMILES string of the molecule is O=C(c1ccc(OC(F)(F)F)cc1)N1CCC(c2ccnc3nc([C@@H]4CCCCN4)[nH]c23)CC1. The fraction of sp³-hybridized carbons (Fsp3) is 0.458. The maximum absolute atomic E-state index is 12.9. The number of aromatic amines is 1. The molecular weight excluding hydrogens is 447 g/mol. The molecule has 2 saturated heterocycles. The lowest BCUT2D eigenvalue weighted by Crippen LogP contribution is -2.38. The number of aromatic nitrogens is 3. The van der Waals surface area contributed by atoms with Gasteiger partial charge in [-0.05, 0) is 74.0 Å². The van der Waals surface area contributed by atoms with Crippen molar-refractivity contribution in [2.75, 3.05) is 19.6 Å². The van der Waals surface area contributed by atoms with Gasteiger partial charge in [0.25, 0.3) is 5.91 Å². The average Bonchev–Trinajstić information content (AvgIpc) is 3.28. The predicted octanol–water partition coefficient (Wildman–Crippen LogP) is 4.69. The molecule has 0 saturated carbocycles. The smallest absolute Gasteiger partial charge is 0.406 e. The van der Waals surface area contributed by atoms with Crippen molar-refractivity contribution in [2.45, 2.75) is 50.4 Å². The zero-order valence-corrected chi connectivity index (χ0v) is 18.6. The fourth-order valence-electron chi connectivity index (χ4n) is 4.91. The highest BCUT2D eigenvalue weighted by Crippen LogP contribution is 2.33. The minimum absolute atomic E-state index is 0.191. The molecule has 2 fully saturated rings. The lowest BCUT2D eigenvalue weighted by Gasteiger charge is -2.32. The molecule has 7 nitrogen and oxygen atoms in total. The van der Waals surface area contributed by atoms with Gasteiger partial charge in [0.15, 0.2) is 5.65 Å². The Balaban J connectivity index is 1.25. The minimum atomic E-state index is -4.76. The van der Waals surface area contributed by atoms with Crippen LogP contribution in [0, 0.1) is 0 Å². The standard InChI is InChI=1S/C24H26F3N5O2/c25-24(26,27)34-17-6-4-16(5-7-17)23(33)32-13-9-15(10-14-32)18-8-12-29-22-20(18)30-21(31-22)19-3-1-2-11-28-19/h4-8,12,15,19,28H,1-3,9-11,13-14H2,(H,29,30,31)/t19-/m0/s1. The molecule has 2 N–H and O–H groups in total. The van der Waals surface area contributed by atoms with E-state index in [0.717, 1.165) is 54.9 Å². The Hall–Kier alpha value is -3.14. The molecule has 10 heteroatoms. The number of hydrogen-bond acceptors (Lipinski definition) is 5. The van der Waals surface area contributed by atoms with Crippen LogP contribution in [0.2, 0.25) is 0 Å². The third kappa shape index (κ3) is 4.86. The quantitative estimate of drug-likeness (QED) is 0.575. The van der Waals surface area contributed by atoms with E-state index in [1.165, 1.54) is 30.5 Å². The van der Waals surface area contributed by atoms with Crippen LogP contribution in [0.25, 0.3) is 11.2 Å². The first-order valence-electron chi connectivity index (χ1n) is 11.6. The average molecular weight is 473 g/mol. The van der Waals surface area contributed by atoms with Crippen molar-refractivity contribution in [3.63, 3.8) is 0 Å². The summed E-state index contributed by atoms with van der Waals surface area (Å²) >= 11 is 0. The number of piperidine rings is 2. The highest BCUT2D eigenvalue weighted by molar-refractivity contribution is 5.94. The van der Waals surface area contributed by atoms with E-state index in [1.54, 1.807) is 11.1 Å². The number of hydrogen-bond donors (Lipinski definition) is 2. The van der Waals surface area contributed by atoms with Crippen molar-refractivity contribution in [3.8, 4) is 5.75 Å². The highest BCUT2D eigenvalue weighted by Gasteiger charge is 2.31. The monoisotopic (exact) mass is 473 g/mol. The maximum atomic E-state index is 12.9. The van der Waals surface area contributed by atoms with E-state index < -0.39 is 6.36 Å². The lowest BCUT2D eigenvalue weighted by molar-refractivity contribution is -0.274. The summed E-state index contributed by atoms with van der Waals surface area (Å²) in [6.07, 6.45) is 2.03. The van der Waals surface area contributed by atoms with E-state index in [4.69, 9.17) is 4.98 Å². The number of fused-ring (bicyclic) bond motifs is 1. The van der Waals surface area contributed by atoms with Crippen LogP contribution in [0.15, 0.2) is 36.5 Å². The third-order valence-electron chi connectivity index (χ3n) is 6.64. The van der Waals surface area contributed by atoms with Crippen LogP contribution >= 0.6 is 0 Å². The van der Waals surface area contributed by atoms with Gasteiger partial charge in [-0.25, -0.2) is 9.97 Å².